The molecule has 2 aliphatic rings. The summed E-state index contributed by atoms with van der Waals surface area (Å²) in [5.41, 5.74) is 1.28. The lowest BCUT2D eigenvalue weighted by molar-refractivity contribution is -0.157. The Morgan fingerprint density at radius 1 is 1.14 bits per heavy atom. The van der Waals surface area contributed by atoms with Crippen LogP contribution in [0.2, 0.25) is 0 Å². The lowest BCUT2D eigenvalue weighted by Gasteiger charge is -2.36. The first kappa shape index (κ1) is 15.6. The predicted molar refractivity (Wildman–Crippen MR) is 88.5 cm³/mol. The lowest BCUT2D eigenvalue weighted by atomic mass is 9.75. The van der Waals surface area contributed by atoms with Crippen molar-refractivity contribution < 1.29 is 9.53 Å². The van der Waals surface area contributed by atoms with Gasteiger partial charge in [0.05, 0.1) is 5.92 Å². The summed E-state index contributed by atoms with van der Waals surface area (Å²) >= 11 is 0. The SMILES string of the molecule is CC(C)[C@H]1CC[C@H](C)C[C@@H]1OC(=O)[C@@H]1C[C@@H]1c1ccccc1. The summed E-state index contributed by atoms with van der Waals surface area (Å²) in [6.45, 7) is 6.79. The Hall–Kier alpha value is -1.31. The third-order valence-corrected chi connectivity index (χ3v) is 5.55. The van der Waals surface area contributed by atoms with E-state index in [2.05, 4.69) is 32.9 Å². The van der Waals surface area contributed by atoms with Gasteiger partial charge >= 0.3 is 5.97 Å². The summed E-state index contributed by atoms with van der Waals surface area (Å²) in [6, 6.07) is 10.4. The highest BCUT2D eigenvalue weighted by molar-refractivity contribution is 5.77. The minimum atomic E-state index is 0.0404. The van der Waals surface area contributed by atoms with Crippen molar-refractivity contribution in [2.75, 3.05) is 0 Å². The number of esters is 1. The highest BCUT2D eigenvalue weighted by Crippen LogP contribution is 2.49. The Kier molecular flexibility index (Phi) is 4.56. The molecular weight excluding hydrogens is 272 g/mol. The molecular formula is C20H28O2. The standard InChI is InChI=1S/C20H28O2/c1-13(2)16-10-9-14(3)11-19(16)22-20(21)18-12-17(18)15-7-5-4-6-8-15/h4-8,13-14,16-19H,9-12H2,1-3H3/t14-,16+,17+,18+,19-/m0/s1. The van der Waals surface area contributed by atoms with Crippen LogP contribution in [0.15, 0.2) is 30.3 Å². The molecule has 3 rings (SSSR count). The van der Waals surface area contributed by atoms with Crippen LogP contribution in [0.1, 0.15) is 57.9 Å². The third kappa shape index (κ3) is 3.37. The average Bonchev–Trinajstić information content (AvgIpc) is 3.28. The fourth-order valence-corrected chi connectivity index (χ4v) is 4.01. The maximum Gasteiger partial charge on any atom is 0.309 e. The zero-order valence-electron chi connectivity index (χ0n) is 14.0. The van der Waals surface area contributed by atoms with Crippen molar-refractivity contribution in [3.63, 3.8) is 0 Å². The third-order valence-electron chi connectivity index (χ3n) is 5.55. The molecule has 0 saturated heterocycles. The van der Waals surface area contributed by atoms with Gasteiger partial charge in [-0.15, -0.1) is 0 Å². The molecule has 1 aromatic carbocycles. The number of hydrogen-bond donors (Lipinski definition) is 0. The Morgan fingerprint density at radius 3 is 2.55 bits per heavy atom. The summed E-state index contributed by atoms with van der Waals surface area (Å²) in [4.78, 5) is 12.5. The van der Waals surface area contributed by atoms with Crippen LogP contribution < -0.4 is 0 Å². The predicted octanol–water partition coefficient (Wildman–Crippen LogP) is 4.79. The van der Waals surface area contributed by atoms with Crippen molar-refractivity contribution >= 4 is 5.97 Å². The van der Waals surface area contributed by atoms with Crippen LogP contribution in [0.25, 0.3) is 0 Å². The van der Waals surface area contributed by atoms with Gasteiger partial charge in [-0.25, -0.2) is 0 Å². The first-order valence-corrected chi connectivity index (χ1v) is 8.81. The summed E-state index contributed by atoms with van der Waals surface area (Å²) in [5.74, 6) is 2.32. The van der Waals surface area contributed by atoms with E-state index >= 15 is 0 Å². The van der Waals surface area contributed by atoms with Crippen LogP contribution in [-0.2, 0) is 9.53 Å². The smallest absolute Gasteiger partial charge is 0.309 e. The van der Waals surface area contributed by atoms with Crippen LogP contribution in [0, 0.1) is 23.7 Å². The summed E-state index contributed by atoms with van der Waals surface area (Å²) in [5, 5.41) is 0. The fraction of sp³-hybridized carbons (Fsp3) is 0.650. The van der Waals surface area contributed by atoms with E-state index in [4.69, 9.17) is 4.74 Å². The number of rotatable bonds is 4. The lowest BCUT2D eigenvalue weighted by Crippen LogP contribution is -2.36. The van der Waals surface area contributed by atoms with Crippen molar-refractivity contribution in [2.24, 2.45) is 23.7 Å². The van der Waals surface area contributed by atoms with E-state index in [-0.39, 0.29) is 18.0 Å². The highest BCUT2D eigenvalue weighted by atomic mass is 16.5. The first-order valence-electron chi connectivity index (χ1n) is 8.81. The van der Waals surface area contributed by atoms with Gasteiger partial charge in [0.15, 0.2) is 0 Å². The van der Waals surface area contributed by atoms with Gasteiger partial charge in [-0.3, -0.25) is 4.79 Å². The summed E-state index contributed by atoms with van der Waals surface area (Å²) < 4.78 is 5.97. The van der Waals surface area contributed by atoms with Gasteiger partial charge in [0, 0.05) is 0 Å². The zero-order chi connectivity index (χ0) is 15.7. The zero-order valence-corrected chi connectivity index (χ0v) is 14.0. The molecule has 2 saturated carbocycles. The van der Waals surface area contributed by atoms with Gasteiger partial charge in [-0.2, -0.15) is 0 Å². The summed E-state index contributed by atoms with van der Waals surface area (Å²) in [6.07, 6.45) is 4.60. The maximum absolute atomic E-state index is 12.5. The number of carbonyl (C=O) groups excluding carboxylic acids is 1. The van der Waals surface area contributed by atoms with E-state index in [0.717, 1.165) is 12.8 Å². The van der Waals surface area contributed by atoms with Gasteiger partial charge in [0.25, 0.3) is 0 Å². The molecule has 0 radical (unpaired) electrons. The minimum Gasteiger partial charge on any atom is -0.462 e. The quantitative estimate of drug-likeness (QED) is 0.747. The number of hydrogen-bond acceptors (Lipinski definition) is 2. The normalized spacial score (nSPS) is 34.5. The Labute approximate surface area is 134 Å². The summed E-state index contributed by atoms with van der Waals surface area (Å²) in [7, 11) is 0. The fourth-order valence-electron chi connectivity index (χ4n) is 4.01. The molecule has 2 aliphatic carbocycles. The molecule has 0 heterocycles. The number of carbonyl (C=O) groups is 1. The largest absolute Gasteiger partial charge is 0.462 e. The molecule has 0 bridgehead atoms. The molecule has 0 aromatic heterocycles. The molecule has 2 fully saturated rings. The molecule has 0 unspecified atom stereocenters. The van der Waals surface area contributed by atoms with Gasteiger partial charge < -0.3 is 4.74 Å². The van der Waals surface area contributed by atoms with Crippen molar-refractivity contribution in [1.29, 1.82) is 0 Å². The maximum atomic E-state index is 12.5. The van der Waals surface area contributed by atoms with Crippen molar-refractivity contribution in [2.45, 2.75) is 58.5 Å². The van der Waals surface area contributed by atoms with E-state index in [0.29, 0.717) is 23.7 Å². The van der Waals surface area contributed by atoms with Gasteiger partial charge in [-0.05, 0) is 48.5 Å². The van der Waals surface area contributed by atoms with E-state index in [1.807, 2.05) is 18.2 Å². The molecule has 120 valence electrons. The molecule has 22 heavy (non-hydrogen) atoms. The van der Waals surface area contributed by atoms with Crippen molar-refractivity contribution in [1.82, 2.24) is 0 Å². The molecule has 0 aliphatic heterocycles. The second-order valence-corrected chi connectivity index (χ2v) is 7.66. The molecule has 5 atom stereocenters. The van der Waals surface area contributed by atoms with Gasteiger partial charge in [-0.1, -0.05) is 57.5 Å². The van der Waals surface area contributed by atoms with E-state index < -0.39 is 0 Å². The average molecular weight is 300 g/mol. The van der Waals surface area contributed by atoms with Crippen LogP contribution in [-0.4, -0.2) is 12.1 Å². The number of benzene rings is 1. The molecule has 2 nitrogen and oxygen atoms in total. The van der Waals surface area contributed by atoms with E-state index in [9.17, 15) is 4.79 Å². The molecule has 1 aromatic rings. The van der Waals surface area contributed by atoms with Crippen molar-refractivity contribution in [3.05, 3.63) is 35.9 Å². The van der Waals surface area contributed by atoms with Crippen LogP contribution in [0.5, 0.6) is 0 Å². The Morgan fingerprint density at radius 2 is 1.86 bits per heavy atom. The van der Waals surface area contributed by atoms with Crippen LogP contribution >= 0.6 is 0 Å². The van der Waals surface area contributed by atoms with E-state index in [1.54, 1.807) is 0 Å². The topological polar surface area (TPSA) is 26.3 Å². The highest BCUT2D eigenvalue weighted by Gasteiger charge is 2.46. The van der Waals surface area contributed by atoms with E-state index in [1.165, 1.54) is 18.4 Å². The van der Waals surface area contributed by atoms with Crippen LogP contribution in [0.3, 0.4) is 0 Å². The number of ether oxygens (including phenoxy) is 1. The Balaban J connectivity index is 1.59. The molecule has 0 spiro atoms. The molecule has 0 N–H and O–H groups in total. The second-order valence-electron chi connectivity index (χ2n) is 7.66. The van der Waals surface area contributed by atoms with Gasteiger partial charge in [0.2, 0.25) is 0 Å². The van der Waals surface area contributed by atoms with Crippen LogP contribution in [0.4, 0.5) is 0 Å². The Bertz CT molecular complexity index is 508. The second kappa shape index (κ2) is 6.44. The minimum absolute atomic E-state index is 0.0404. The monoisotopic (exact) mass is 300 g/mol. The van der Waals surface area contributed by atoms with Gasteiger partial charge in [0.1, 0.15) is 6.10 Å². The van der Waals surface area contributed by atoms with Crippen molar-refractivity contribution in [3.8, 4) is 0 Å². The molecule has 0 amide bonds. The molecule has 2 heteroatoms. The first-order chi connectivity index (χ1) is 10.6.